The van der Waals surface area contributed by atoms with Gasteiger partial charge in [0.05, 0.1) is 19.5 Å². The van der Waals surface area contributed by atoms with E-state index in [4.69, 9.17) is 0 Å². The lowest BCUT2D eigenvalue weighted by Crippen LogP contribution is -2.20. The Kier molecular flexibility index (Phi) is 4.24. The SMILES string of the molecule is CCOC(=O)c1nnn(CCn2ccnc2)c1C(F)(F)F. The molecule has 0 radical (unpaired) electrons. The van der Waals surface area contributed by atoms with Crippen molar-refractivity contribution >= 4 is 5.97 Å². The average Bonchev–Trinajstić information content (AvgIpc) is 3.05. The van der Waals surface area contributed by atoms with E-state index in [1.165, 1.54) is 19.4 Å². The van der Waals surface area contributed by atoms with E-state index in [1.807, 2.05) is 0 Å². The number of halogens is 3. The minimum Gasteiger partial charge on any atom is -0.461 e. The van der Waals surface area contributed by atoms with E-state index in [9.17, 15) is 18.0 Å². The third-order valence-electron chi connectivity index (χ3n) is 2.60. The van der Waals surface area contributed by atoms with Gasteiger partial charge in [-0.25, -0.2) is 14.5 Å². The zero-order valence-corrected chi connectivity index (χ0v) is 11.0. The van der Waals surface area contributed by atoms with Gasteiger partial charge in [-0.15, -0.1) is 5.10 Å². The number of carbonyl (C=O) groups is 1. The second kappa shape index (κ2) is 5.94. The van der Waals surface area contributed by atoms with Crippen LogP contribution in [0.2, 0.25) is 0 Å². The van der Waals surface area contributed by atoms with Crippen molar-refractivity contribution in [2.75, 3.05) is 6.61 Å². The molecule has 0 aromatic carbocycles. The molecule has 0 bridgehead atoms. The number of carbonyl (C=O) groups excluding carboxylic acids is 1. The standard InChI is InChI=1S/C11H12F3N5O2/c1-2-21-10(20)8-9(11(12,13)14)19(17-16-8)6-5-18-4-3-15-7-18/h3-4,7H,2,5-6H2,1H3. The molecule has 0 aliphatic heterocycles. The minimum atomic E-state index is -4.75. The molecular formula is C11H12F3N5O2. The Morgan fingerprint density at radius 1 is 1.38 bits per heavy atom. The Bertz CT molecular complexity index is 606. The van der Waals surface area contributed by atoms with Crippen LogP contribution in [0, 0.1) is 0 Å². The average molecular weight is 303 g/mol. The molecule has 0 N–H and O–H groups in total. The fraction of sp³-hybridized carbons (Fsp3) is 0.455. The van der Waals surface area contributed by atoms with E-state index in [0.717, 1.165) is 0 Å². The van der Waals surface area contributed by atoms with Gasteiger partial charge in [-0.05, 0) is 6.92 Å². The third-order valence-corrected chi connectivity index (χ3v) is 2.60. The first-order valence-electron chi connectivity index (χ1n) is 6.07. The molecule has 114 valence electrons. The van der Waals surface area contributed by atoms with E-state index >= 15 is 0 Å². The van der Waals surface area contributed by atoms with Gasteiger partial charge in [0.15, 0.2) is 5.69 Å². The molecule has 0 aliphatic rings. The van der Waals surface area contributed by atoms with Gasteiger partial charge in [0, 0.05) is 18.9 Å². The van der Waals surface area contributed by atoms with E-state index in [1.54, 1.807) is 10.8 Å². The second-order valence-corrected chi connectivity index (χ2v) is 4.03. The van der Waals surface area contributed by atoms with Gasteiger partial charge in [0.25, 0.3) is 0 Å². The van der Waals surface area contributed by atoms with Crippen molar-refractivity contribution < 1.29 is 22.7 Å². The minimum absolute atomic E-state index is 0.0436. The van der Waals surface area contributed by atoms with Crippen LogP contribution in [0.4, 0.5) is 13.2 Å². The smallest absolute Gasteiger partial charge is 0.435 e. The summed E-state index contributed by atoms with van der Waals surface area (Å²) in [6.45, 7) is 1.57. The molecule has 2 aromatic heterocycles. The molecule has 2 aromatic rings. The van der Waals surface area contributed by atoms with Gasteiger partial charge in [-0.2, -0.15) is 13.2 Å². The van der Waals surface area contributed by atoms with Gasteiger partial charge < -0.3 is 9.30 Å². The second-order valence-electron chi connectivity index (χ2n) is 4.03. The first-order valence-corrected chi connectivity index (χ1v) is 6.07. The highest BCUT2D eigenvalue weighted by atomic mass is 19.4. The summed E-state index contributed by atoms with van der Waals surface area (Å²) >= 11 is 0. The molecule has 0 saturated carbocycles. The van der Waals surface area contributed by atoms with Gasteiger partial charge in [-0.1, -0.05) is 5.21 Å². The zero-order valence-electron chi connectivity index (χ0n) is 11.0. The third kappa shape index (κ3) is 3.38. The fourth-order valence-corrected chi connectivity index (χ4v) is 1.72. The molecule has 21 heavy (non-hydrogen) atoms. The number of imidazole rings is 1. The number of esters is 1. The summed E-state index contributed by atoms with van der Waals surface area (Å²) in [5.41, 5.74) is -2.03. The van der Waals surface area contributed by atoms with Gasteiger partial charge in [0.1, 0.15) is 0 Å². The Labute approximate surface area is 117 Å². The number of alkyl halides is 3. The molecular weight excluding hydrogens is 291 g/mol. The van der Waals surface area contributed by atoms with Crippen LogP contribution >= 0.6 is 0 Å². The molecule has 0 saturated heterocycles. The number of hydrogen-bond donors (Lipinski definition) is 0. The van der Waals surface area contributed by atoms with Crippen LogP contribution in [-0.4, -0.2) is 37.1 Å². The van der Waals surface area contributed by atoms with Crippen molar-refractivity contribution in [1.82, 2.24) is 24.5 Å². The van der Waals surface area contributed by atoms with Crippen molar-refractivity contribution in [3.63, 3.8) is 0 Å². The molecule has 10 heteroatoms. The molecule has 0 amide bonds. The van der Waals surface area contributed by atoms with Crippen LogP contribution in [0.3, 0.4) is 0 Å². The Morgan fingerprint density at radius 3 is 2.71 bits per heavy atom. The van der Waals surface area contributed by atoms with E-state index in [-0.39, 0.29) is 19.7 Å². The van der Waals surface area contributed by atoms with Gasteiger partial charge in [-0.3, -0.25) is 0 Å². The molecule has 2 rings (SSSR count). The van der Waals surface area contributed by atoms with E-state index in [2.05, 4.69) is 20.0 Å². The van der Waals surface area contributed by atoms with E-state index in [0.29, 0.717) is 4.68 Å². The summed E-state index contributed by atoms with van der Waals surface area (Å²) in [4.78, 5) is 15.3. The first kappa shape index (κ1) is 15.0. The van der Waals surface area contributed by atoms with Crippen molar-refractivity contribution in [2.24, 2.45) is 0 Å². The van der Waals surface area contributed by atoms with Crippen LogP contribution in [0.15, 0.2) is 18.7 Å². The molecule has 0 fully saturated rings. The predicted octanol–water partition coefficient (Wildman–Crippen LogP) is 1.37. The monoisotopic (exact) mass is 303 g/mol. The molecule has 2 heterocycles. The maximum absolute atomic E-state index is 13.1. The maximum Gasteiger partial charge on any atom is 0.435 e. The number of ether oxygens (including phenoxy) is 1. The first-order chi connectivity index (χ1) is 9.93. The molecule has 0 atom stereocenters. The van der Waals surface area contributed by atoms with Crippen molar-refractivity contribution in [2.45, 2.75) is 26.2 Å². The summed E-state index contributed by atoms with van der Waals surface area (Å²) in [6, 6.07) is 0. The predicted molar refractivity (Wildman–Crippen MR) is 63.2 cm³/mol. The topological polar surface area (TPSA) is 74.8 Å². The van der Waals surface area contributed by atoms with Crippen molar-refractivity contribution in [3.05, 3.63) is 30.1 Å². The Morgan fingerprint density at radius 2 is 2.14 bits per heavy atom. The summed E-state index contributed by atoms with van der Waals surface area (Å²) in [7, 11) is 0. The Hall–Kier alpha value is -2.39. The summed E-state index contributed by atoms with van der Waals surface area (Å²) in [6.07, 6.45) is -0.163. The molecule has 7 nitrogen and oxygen atoms in total. The van der Waals surface area contributed by atoms with Crippen LogP contribution in [0.1, 0.15) is 23.1 Å². The van der Waals surface area contributed by atoms with Gasteiger partial charge in [0.2, 0.25) is 5.69 Å². The summed E-state index contributed by atoms with van der Waals surface area (Å²) < 4.78 is 46.0. The van der Waals surface area contributed by atoms with E-state index < -0.39 is 23.5 Å². The molecule has 0 unspecified atom stereocenters. The number of nitrogens with zero attached hydrogens (tertiary/aromatic N) is 5. The molecule has 0 spiro atoms. The van der Waals surface area contributed by atoms with Crippen molar-refractivity contribution in [3.8, 4) is 0 Å². The lowest BCUT2D eigenvalue weighted by molar-refractivity contribution is -0.144. The number of hydrogen-bond acceptors (Lipinski definition) is 5. The number of rotatable bonds is 5. The number of aryl methyl sites for hydroxylation is 2. The van der Waals surface area contributed by atoms with Crippen LogP contribution in [0.25, 0.3) is 0 Å². The van der Waals surface area contributed by atoms with Crippen LogP contribution < -0.4 is 0 Å². The quantitative estimate of drug-likeness (QED) is 0.780. The van der Waals surface area contributed by atoms with Crippen LogP contribution in [-0.2, 0) is 24.0 Å². The summed E-state index contributed by atoms with van der Waals surface area (Å²) in [5.74, 6) is -1.14. The van der Waals surface area contributed by atoms with Crippen LogP contribution in [0.5, 0.6) is 0 Å². The highest BCUT2D eigenvalue weighted by Crippen LogP contribution is 2.31. The maximum atomic E-state index is 13.1. The fourth-order valence-electron chi connectivity index (χ4n) is 1.72. The molecule has 0 aliphatic carbocycles. The Balaban J connectivity index is 2.26. The lowest BCUT2D eigenvalue weighted by Gasteiger charge is -2.11. The highest BCUT2D eigenvalue weighted by molar-refractivity contribution is 5.88. The lowest BCUT2D eigenvalue weighted by atomic mass is 10.3. The zero-order chi connectivity index (χ0) is 15.5. The summed E-state index contributed by atoms with van der Waals surface area (Å²) in [5, 5.41) is 6.69. The largest absolute Gasteiger partial charge is 0.461 e. The van der Waals surface area contributed by atoms with Gasteiger partial charge >= 0.3 is 12.1 Å². The highest BCUT2D eigenvalue weighted by Gasteiger charge is 2.41. The normalized spacial score (nSPS) is 11.6. The number of aromatic nitrogens is 5. The van der Waals surface area contributed by atoms with Crippen molar-refractivity contribution in [1.29, 1.82) is 0 Å².